The molecule has 2 aliphatic heterocycles. The van der Waals surface area contributed by atoms with Gasteiger partial charge in [0, 0.05) is 61.7 Å². The lowest BCUT2D eigenvalue weighted by Crippen LogP contribution is -2.38. The van der Waals surface area contributed by atoms with Gasteiger partial charge in [0.25, 0.3) is 0 Å². The lowest BCUT2D eigenvalue weighted by atomic mass is 9.91. The second kappa shape index (κ2) is 11.3. The van der Waals surface area contributed by atoms with Crippen molar-refractivity contribution in [3.63, 3.8) is 0 Å². The minimum Gasteiger partial charge on any atom is -0.505 e. The molecule has 4 heterocycles. The smallest absolute Gasteiger partial charge is 0.143 e. The first-order valence-corrected chi connectivity index (χ1v) is 14.5. The zero-order valence-electron chi connectivity index (χ0n) is 22.5. The number of fused-ring (bicyclic) bond motifs is 1. The van der Waals surface area contributed by atoms with E-state index in [9.17, 15) is 5.11 Å². The van der Waals surface area contributed by atoms with Crippen molar-refractivity contribution in [3.8, 4) is 5.75 Å². The normalized spacial score (nSPS) is 25.4. The maximum absolute atomic E-state index is 11.5. The largest absolute Gasteiger partial charge is 0.505 e. The molecule has 0 spiro atoms. The number of piperidine rings is 2. The third-order valence-corrected chi connectivity index (χ3v) is 8.18. The van der Waals surface area contributed by atoms with Crippen LogP contribution in [0.4, 0.5) is 11.4 Å². The highest BCUT2D eigenvalue weighted by atomic mass is 79.9. The molecule has 0 saturated carbocycles. The van der Waals surface area contributed by atoms with Gasteiger partial charge < -0.3 is 10.4 Å². The first kappa shape index (κ1) is 26.4. The van der Waals surface area contributed by atoms with Gasteiger partial charge in [-0.3, -0.25) is 19.8 Å². The van der Waals surface area contributed by atoms with Gasteiger partial charge in [-0.1, -0.05) is 27.7 Å². The fourth-order valence-corrected chi connectivity index (χ4v) is 6.98. The van der Waals surface area contributed by atoms with Gasteiger partial charge >= 0.3 is 0 Å². The fraction of sp³-hybridized carbons (Fsp3) is 0.533. The molecule has 2 saturated heterocycles. The Morgan fingerprint density at radius 2 is 1.49 bits per heavy atom. The molecule has 4 unspecified atom stereocenters. The Kier molecular flexibility index (Phi) is 8.03. The van der Waals surface area contributed by atoms with E-state index in [1.165, 1.54) is 18.4 Å². The monoisotopic (exact) mass is 565 g/mol. The molecule has 2 aliphatic rings. The quantitative estimate of drug-likeness (QED) is 0.320. The average molecular weight is 567 g/mol. The zero-order chi connectivity index (χ0) is 26.1. The number of hydrogen-bond donors (Lipinski definition) is 2. The average Bonchev–Trinajstić information content (AvgIpc) is 2.80. The predicted molar refractivity (Wildman–Crippen MR) is 155 cm³/mol. The van der Waals surface area contributed by atoms with Crippen molar-refractivity contribution in [2.75, 3.05) is 31.5 Å². The SMILES string of the molecule is CC1CC(C)CN(Cc2cc(CN3CC(C)CC(C)C3)c(O)c(Nc3ccnc4cc(Br)cnc34)c2)C1. The Hall–Kier alpha value is -2.22. The number of pyridine rings is 2. The molecule has 6 nitrogen and oxygen atoms in total. The molecule has 1 aromatic carbocycles. The molecule has 198 valence electrons. The van der Waals surface area contributed by atoms with Gasteiger partial charge in [-0.15, -0.1) is 0 Å². The number of aromatic nitrogens is 2. The van der Waals surface area contributed by atoms with Crippen LogP contribution in [0.25, 0.3) is 11.0 Å². The Morgan fingerprint density at radius 1 is 0.865 bits per heavy atom. The van der Waals surface area contributed by atoms with Crippen LogP contribution in [0.5, 0.6) is 5.75 Å². The number of nitrogens with zero attached hydrogens (tertiary/aromatic N) is 4. The molecular weight excluding hydrogens is 526 g/mol. The Bertz CT molecular complexity index is 1230. The maximum atomic E-state index is 11.5. The summed E-state index contributed by atoms with van der Waals surface area (Å²) in [6.07, 6.45) is 6.15. The summed E-state index contributed by atoms with van der Waals surface area (Å²) in [5, 5.41) is 15.0. The third kappa shape index (κ3) is 6.44. The van der Waals surface area contributed by atoms with Crippen LogP contribution in [0.3, 0.4) is 0 Å². The first-order valence-electron chi connectivity index (χ1n) is 13.7. The van der Waals surface area contributed by atoms with E-state index in [4.69, 9.17) is 0 Å². The summed E-state index contributed by atoms with van der Waals surface area (Å²) >= 11 is 3.49. The molecule has 2 aromatic heterocycles. The van der Waals surface area contributed by atoms with E-state index in [-0.39, 0.29) is 0 Å². The van der Waals surface area contributed by atoms with Gasteiger partial charge in [-0.25, -0.2) is 0 Å². The molecule has 5 rings (SSSR count). The van der Waals surface area contributed by atoms with Gasteiger partial charge in [-0.05, 0) is 82.3 Å². The Labute approximate surface area is 229 Å². The molecule has 0 aliphatic carbocycles. The molecule has 2 fully saturated rings. The van der Waals surface area contributed by atoms with Crippen LogP contribution < -0.4 is 5.32 Å². The number of likely N-dealkylation sites (tertiary alicyclic amines) is 2. The summed E-state index contributed by atoms with van der Waals surface area (Å²) in [5.74, 6) is 3.11. The van der Waals surface area contributed by atoms with Crippen molar-refractivity contribution < 1.29 is 5.11 Å². The van der Waals surface area contributed by atoms with Crippen LogP contribution in [0.2, 0.25) is 0 Å². The minimum atomic E-state index is 0.331. The summed E-state index contributed by atoms with van der Waals surface area (Å²) < 4.78 is 0.895. The highest BCUT2D eigenvalue weighted by Crippen LogP contribution is 2.36. The second-order valence-electron chi connectivity index (χ2n) is 11.9. The summed E-state index contributed by atoms with van der Waals surface area (Å²) in [7, 11) is 0. The number of hydrogen-bond acceptors (Lipinski definition) is 6. The molecular formula is C30H40BrN5O. The van der Waals surface area contributed by atoms with Gasteiger partial charge in [0.15, 0.2) is 0 Å². The first-order chi connectivity index (χ1) is 17.7. The molecule has 7 heteroatoms. The van der Waals surface area contributed by atoms with Gasteiger partial charge in [0.2, 0.25) is 0 Å². The number of aromatic hydroxyl groups is 1. The van der Waals surface area contributed by atoms with E-state index in [0.29, 0.717) is 29.4 Å². The van der Waals surface area contributed by atoms with Crippen LogP contribution in [0, 0.1) is 23.7 Å². The highest BCUT2D eigenvalue weighted by Gasteiger charge is 2.25. The molecule has 2 N–H and O–H groups in total. The van der Waals surface area contributed by atoms with E-state index in [0.717, 1.165) is 71.7 Å². The number of rotatable bonds is 6. The van der Waals surface area contributed by atoms with E-state index in [1.807, 2.05) is 12.1 Å². The number of halogens is 1. The molecule has 4 atom stereocenters. The van der Waals surface area contributed by atoms with Crippen molar-refractivity contribution >= 4 is 38.3 Å². The van der Waals surface area contributed by atoms with Crippen molar-refractivity contribution in [1.29, 1.82) is 0 Å². The van der Waals surface area contributed by atoms with Crippen LogP contribution in [-0.2, 0) is 13.1 Å². The molecule has 37 heavy (non-hydrogen) atoms. The van der Waals surface area contributed by atoms with Crippen molar-refractivity contribution in [3.05, 3.63) is 52.3 Å². The molecule has 3 aromatic rings. The third-order valence-electron chi connectivity index (χ3n) is 7.75. The number of phenolic OH excluding ortho intramolecular Hbond substituents is 1. The Balaban J connectivity index is 1.48. The summed E-state index contributed by atoms with van der Waals surface area (Å²) in [6, 6.07) is 8.24. The van der Waals surface area contributed by atoms with Crippen LogP contribution in [0.15, 0.2) is 41.1 Å². The van der Waals surface area contributed by atoms with Gasteiger partial charge in [0.1, 0.15) is 11.3 Å². The number of phenols is 1. The van der Waals surface area contributed by atoms with Gasteiger partial charge in [-0.2, -0.15) is 0 Å². The second-order valence-corrected chi connectivity index (χ2v) is 12.9. The lowest BCUT2D eigenvalue weighted by Gasteiger charge is -2.36. The summed E-state index contributed by atoms with van der Waals surface area (Å²) in [4.78, 5) is 14.2. The van der Waals surface area contributed by atoms with E-state index in [2.05, 4.69) is 80.8 Å². The standard InChI is InChI=1S/C30H40BrN5O/c1-19-7-20(2)14-35(13-19)17-23-9-24(18-36-15-21(3)8-22(4)16-36)30(37)28(10-23)34-26-5-6-32-27-11-25(31)12-33-29(26)27/h5-6,9-12,19-22,37H,7-8,13-18H2,1-4H3,(H,32,34). The molecule has 0 radical (unpaired) electrons. The van der Waals surface area contributed by atoms with Crippen molar-refractivity contribution in [2.24, 2.45) is 23.7 Å². The molecule has 0 bridgehead atoms. The van der Waals surface area contributed by atoms with Crippen LogP contribution >= 0.6 is 15.9 Å². The topological polar surface area (TPSA) is 64.5 Å². The van der Waals surface area contributed by atoms with Crippen molar-refractivity contribution in [1.82, 2.24) is 19.8 Å². The van der Waals surface area contributed by atoms with E-state index >= 15 is 0 Å². The van der Waals surface area contributed by atoms with Crippen molar-refractivity contribution in [2.45, 2.75) is 53.6 Å². The summed E-state index contributed by atoms with van der Waals surface area (Å²) in [5.41, 5.74) is 5.41. The minimum absolute atomic E-state index is 0.331. The highest BCUT2D eigenvalue weighted by molar-refractivity contribution is 9.10. The predicted octanol–water partition coefficient (Wildman–Crippen LogP) is 6.80. The van der Waals surface area contributed by atoms with Gasteiger partial charge in [0.05, 0.1) is 16.9 Å². The van der Waals surface area contributed by atoms with Crippen LogP contribution in [0.1, 0.15) is 51.7 Å². The summed E-state index contributed by atoms with van der Waals surface area (Å²) in [6.45, 7) is 15.4. The Morgan fingerprint density at radius 3 is 2.14 bits per heavy atom. The van der Waals surface area contributed by atoms with Crippen LogP contribution in [-0.4, -0.2) is 51.1 Å². The zero-order valence-corrected chi connectivity index (χ0v) is 24.1. The number of anilines is 2. The van der Waals surface area contributed by atoms with E-state index in [1.54, 1.807) is 12.4 Å². The van der Waals surface area contributed by atoms with E-state index < -0.39 is 0 Å². The number of benzene rings is 1. The maximum Gasteiger partial charge on any atom is 0.143 e. The number of nitrogens with one attached hydrogen (secondary N) is 1. The fourth-order valence-electron chi connectivity index (χ4n) is 6.66. The molecule has 0 amide bonds. The lowest BCUT2D eigenvalue weighted by molar-refractivity contribution is 0.131.